The fourth-order valence-electron chi connectivity index (χ4n) is 1.40. The zero-order valence-corrected chi connectivity index (χ0v) is 11.2. The van der Waals surface area contributed by atoms with Gasteiger partial charge >= 0.3 is 0 Å². The summed E-state index contributed by atoms with van der Waals surface area (Å²) in [4.78, 5) is 16.5. The maximum atomic E-state index is 13.5. The van der Waals surface area contributed by atoms with Crippen molar-refractivity contribution in [1.82, 2.24) is 10.3 Å². The highest BCUT2D eigenvalue weighted by Gasteiger charge is 2.16. The summed E-state index contributed by atoms with van der Waals surface area (Å²) in [6.45, 7) is 4.38. The van der Waals surface area contributed by atoms with E-state index in [-0.39, 0.29) is 18.3 Å². The normalized spacial score (nSPS) is 10.6. The fraction of sp³-hybridized carbons (Fsp3) is 0.500. The summed E-state index contributed by atoms with van der Waals surface area (Å²) in [6.07, 6.45) is 0. The molecular formula is C12H18F2N4O. The average Bonchev–Trinajstić information content (AvgIpc) is 2.31. The number of rotatable bonds is 5. The highest BCUT2D eigenvalue weighted by molar-refractivity contribution is 5.80. The van der Waals surface area contributed by atoms with E-state index in [1.54, 1.807) is 0 Å². The minimum absolute atomic E-state index is 0.0816. The molecule has 0 aliphatic rings. The van der Waals surface area contributed by atoms with Crippen LogP contribution in [0.25, 0.3) is 0 Å². The topological polar surface area (TPSA) is 71.2 Å². The maximum absolute atomic E-state index is 13.5. The molecule has 0 atom stereocenters. The van der Waals surface area contributed by atoms with Crippen LogP contribution in [0.2, 0.25) is 0 Å². The van der Waals surface area contributed by atoms with Crippen molar-refractivity contribution in [3.05, 3.63) is 17.7 Å². The van der Waals surface area contributed by atoms with E-state index in [0.29, 0.717) is 18.5 Å². The lowest BCUT2D eigenvalue weighted by molar-refractivity contribution is -0.119. The first-order valence-corrected chi connectivity index (χ1v) is 5.90. The van der Waals surface area contributed by atoms with Gasteiger partial charge in [0.15, 0.2) is 23.3 Å². The Balaban J connectivity index is 2.70. The standard InChI is InChI=1S/C12H18F2N4O/c1-7(2)5-16-10(19)6-18(3)12-9(14)4-8(13)11(15)17-12/h4,7H,5-6H2,1-3H3,(H2,15,17)(H,16,19). The lowest BCUT2D eigenvalue weighted by Crippen LogP contribution is -2.37. The van der Waals surface area contributed by atoms with Crippen molar-refractivity contribution in [1.29, 1.82) is 0 Å². The highest BCUT2D eigenvalue weighted by Crippen LogP contribution is 2.19. The van der Waals surface area contributed by atoms with Crippen LogP contribution in [-0.2, 0) is 4.79 Å². The molecule has 1 amide bonds. The quantitative estimate of drug-likeness (QED) is 0.843. The largest absolute Gasteiger partial charge is 0.381 e. The number of nitrogens with two attached hydrogens (primary N) is 1. The third-order valence-electron chi connectivity index (χ3n) is 2.39. The Kier molecular flexibility index (Phi) is 5.02. The Labute approximate surface area is 110 Å². The molecule has 5 nitrogen and oxygen atoms in total. The molecule has 1 rings (SSSR count). The summed E-state index contributed by atoms with van der Waals surface area (Å²) < 4.78 is 26.5. The van der Waals surface area contributed by atoms with Gasteiger partial charge in [0.1, 0.15) is 0 Å². The Hall–Kier alpha value is -1.92. The van der Waals surface area contributed by atoms with E-state index >= 15 is 0 Å². The van der Waals surface area contributed by atoms with Crippen LogP contribution in [0.1, 0.15) is 13.8 Å². The van der Waals surface area contributed by atoms with Gasteiger partial charge in [-0.3, -0.25) is 4.79 Å². The Morgan fingerprint density at radius 2 is 2.11 bits per heavy atom. The Morgan fingerprint density at radius 1 is 1.47 bits per heavy atom. The second kappa shape index (κ2) is 6.31. The molecule has 0 bridgehead atoms. The zero-order chi connectivity index (χ0) is 14.6. The number of halogens is 2. The second-order valence-corrected chi connectivity index (χ2v) is 4.71. The third kappa shape index (κ3) is 4.35. The van der Waals surface area contributed by atoms with Crippen molar-refractivity contribution in [2.75, 3.05) is 30.8 Å². The predicted octanol–water partition coefficient (Wildman–Crippen LogP) is 1.15. The number of nitrogen functional groups attached to an aromatic ring is 1. The molecule has 0 radical (unpaired) electrons. The smallest absolute Gasteiger partial charge is 0.239 e. The average molecular weight is 272 g/mol. The van der Waals surface area contributed by atoms with Gasteiger partial charge in [-0.05, 0) is 5.92 Å². The lowest BCUT2D eigenvalue weighted by atomic mass is 10.2. The Morgan fingerprint density at radius 3 is 2.68 bits per heavy atom. The minimum atomic E-state index is -0.918. The number of amides is 1. The lowest BCUT2D eigenvalue weighted by Gasteiger charge is -2.19. The summed E-state index contributed by atoms with van der Waals surface area (Å²) in [5.41, 5.74) is 5.28. The van der Waals surface area contributed by atoms with E-state index in [9.17, 15) is 13.6 Å². The van der Waals surface area contributed by atoms with Gasteiger partial charge in [-0.15, -0.1) is 0 Å². The van der Waals surface area contributed by atoms with E-state index in [4.69, 9.17) is 5.73 Å². The maximum Gasteiger partial charge on any atom is 0.239 e. The molecule has 1 heterocycles. The number of nitrogens with zero attached hydrogens (tertiary/aromatic N) is 2. The number of nitrogens with one attached hydrogen (secondary N) is 1. The molecule has 0 aliphatic heterocycles. The van der Waals surface area contributed by atoms with Crippen molar-refractivity contribution in [2.24, 2.45) is 5.92 Å². The summed E-state index contributed by atoms with van der Waals surface area (Å²) in [6, 6.07) is 0.653. The first kappa shape index (κ1) is 15.1. The molecule has 3 N–H and O–H groups in total. The molecule has 19 heavy (non-hydrogen) atoms. The second-order valence-electron chi connectivity index (χ2n) is 4.71. The molecule has 0 aromatic carbocycles. The van der Waals surface area contributed by atoms with Crippen LogP contribution in [0.5, 0.6) is 0 Å². The first-order valence-electron chi connectivity index (χ1n) is 5.90. The molecule has 1 aromatic heterocycles. The minimum Gasteiger partial charge on any atom is -0.381 e. The fourth-order valence-corrected chi connectivity index (χ4v) is 1.40. The van der Waals surface area contributed by atoms with E-state index in [1.807, 2.05) is 13.8 Å². The van der Waals surface area contributed by atoms with Crippen molar-refractivity contribution < 1.29 is 13.6 Å². The van der Waals surface area contributed by atoms with Gasteiger partial charge in [0, 0.05) is 19.7 Å². The van der Waals surface area contributed by atoms with Crippen LogP contribution in [0, 0.1) is 17.6 Å². The summed E-state index contributed by atoms with van der Waals surface area (Å²) in [5, 5.41) is 2.69. The Bertz CT molecular complexity index is 465. The zero-order valence-electron chi connectivity index (χ0n) is 11.2. The molecule has 0 saturated heterocycles. The van der Waals surface area contributed by atoms with E-state index in [1.165, 1.54) is 11.9 Å². The van der Waals surface area contributed by atoms with Gasteiger partial charge in [0.2, 0.25) is 5.91 Å². The van der Waals surface area contributed by atoms with Crippen LogP contribution in [0.3, 0.4) is 0 Å². The molecule has 7 heteroatoms. The molecule has 106 valence electrons. The van der Waals surface area contributed by atoms with Crippen molar-refractivity contribution in [3.8, 4) is 0 Å². The van der Waals surface area contributed by atoms with Gasteiger partial charge in [-0.1, -0.05) is 13.8 Å². The number of carbonyl (C=O) groups excluding carboxylic acids is 1. The number of aromatic nitrogens is 1. The number of pyridine rings is 1. The van der Waals surface area contributed by atoms with Gasteiger partial charge in [-0.2, -0.15) is 0 Å². The number of hydrogen-bond donors (Lipinski definition) is 2. The molecule has 0 aliphatic carbocycles. The summed E-state index contributed by atoms with van der Waals surface area (Å²) >= 11 is 0. The van der Waals surface area contributed by atoms with Crippen molar-refractivity contribution >= 4 is 17.5 Å². The van der Waals surface area contributed by atoms with Crippen LogP contribution in [-0.4, -0.2) is 31.0 Å². The molecule has 0 fully saturated rings. The molecule has 0 saturated carbocycles. The first-order chi connectivity index (χ1) is 8.81. The highest BCUT2D eigenvalue weighted by atomic mass is 19.1. The van der Waals surface area contributed by atoms with E-state index < -0.39 is 17.5 Å². The molecular weight excluding hydrogens is 254 g/mol. The third-order valence-corrected chi connectivity index (χ3v) is 2.39. The van der Waals surface area contributed by atoms with Crippen LogP contribution in [0.4, 0.5) is 20.4 Å². The van der Waals surface area contributed by atoms with Crippen LogP contribution >= 0.6 is 0 Å². The number of likely N-dealkylation sites (N-methyl/N-ethyl adjacent to an activating group) is 1. The van der Waals surface area contributed by atoms with Crippen LogP contribution < -0.4 is 16.0 Å². The van der Waals surface area contributed by atoms with E-state index in [2.05, 4.69) is 10.3 Å². The SMILES string of the molecule is CC(C)CNC(=O)CN(C)c1nc(N)c(F)cc1F. The molecule has 0 spiro atoms. The van der Waals surface area contributed by atoms with Crippen molar-refractivity contribution in [3.63, 3.8) is 0 Å². The monoisotopic (exact) mass is 272 g/mol. The van der Waals surface area contributed by atoms with Gasteiger partial charge in [-0.25, -0.2) is 13.8 Å². The molecule has 0 unspecified atom stereocenters. The van der Waals surface area contributed by atoms with Crippen LogP contribution in [0.15, 0.2) is 6.07 Å². The summed E-state index contributed by atoms with van der Waals surface area (Å²) in [5.74, 6) is -2.26. The molecule has 1 aromatic rings. The van der Waals surface area contributed by atoms with Gasteiger partial charge in [0.05, 0.1) is 6.54 Å². The van der Waals surface area contributed by atoms with Gasteiger partial charge in [0.25, 0.3) is 0 Å². The summed E-state index contributed by atoms with van der Waals surface area (Å²) in [7, 11) is 1.48. The number of hydrogen-bond acceptors (Lipinski definition) is 4. The number of carbonyl (C=O) groups is 1. The predicted molar refractivity (Wildman–Crippen MR) is 69.7 cm³/mol. The number of anilines is 2. The van der Waals surface area contributed by atoms with Crippen molar-refractivity contribution in [2.45, 2.75) is 13.8 Å². The van der Waals surface area contributed by atoms with Gasteiger partial charge < -0.3 is 16.0 Å². The van der Waals surface area contributed by atoms with E-state index in [0.717, 1.165) is 0 Å².